The minimum atomic E-state index is -4.09. The van der Waals surface area contributed by atoms with Gasteiger partial charge in [0.05, 0.1) is 17.6 Å². The van der Waals surface area contributed by atoms with Crippen LogP contribution >= 0.6 is 0 Å². The van der Waals surface area contributed by atoms with E-state index in [1.807, 2.05) is 0 Å². The van der Waals surface area contributed by atoms with Crippen LogP contribution in [0.15, 0.2) is 0 Å². The first kappa shape index (κ1) is 15.8. The molecular weight excluding hydrogens is 288 g/mol. The lowest BCUT2D eigenvalue weighted by Gasteiger charge is -2.27. The summed E-state index contributed by atoms with van der Waals surface area (Å²) in [4.78, 5) is 0. The predicted octanol–water partition coefficient (Wildman–Crippen LogP) is -3.38. The molecule has 0 radical (unpaired) electrons. The molecule has 0 aromatic carbocycles. The third kappa shape index (κ3) is 2.83. The smallest absolute Gasteiger partial charge is 0.191 e. The van der Waals surface area contributed by atoms with Crippen molar-refractivity contribution in [2.24, 2.45) is 0 Å². The summed E-state index contributed by atoms with van der Waals surface area (Å²) in [7, 11) is -8.18. The first-order chi connectivity index (χ1) is 8.00. The monoisotopic (exact) mass is 304 g/mol. The molecule has 8 nitrogen and oxygen atoms in total. The normalized spacial score (nSPS) is 29.6. The molecular formula is C8H16O8S2. The van der Waals surface area contributed by atoms with Crippen molar-refractivity contribution in [3.63, 3.8) is 0 Å². The molecule has 4 atom stereocenters. The molecule has 0 unspecified atom stereocenters. The van der Waals surface area contributed by atoms with E-state index in [9.17, 15) is 32.2 Å². The molecule has 10 heteroatoms. The van der Waals surface area contributed by atoms with Crippen molar-refractivity contribution in [1.29, 1.82) is 0 Å². The molecule has 108 valence electrons. The van der Waals surface area contributed by atoms with Crippen molar-refractivity contribution in [3.8, 4) is 0 Å². The molecule has 1 heterocycles. The topological polar surface area (TPSA) is 149 Å². The highest BCUT2D eigenvalue weighted by molar-refractivity contribution is 8.12. The summed E-state index contributed by atoms with van der Waals surface area (Å²) in [5.41, 5.74) is 0. The molecule has 0 bridgehead atoms. The van der Waals surface area contributed by atoms with Gasteiger partial charge in [0, 0.05) is 0 Å². The lowest BCUT2D eigenvalue weighted by molar-refractivity contribution is -0.0959. The SMILES string of the molecule is C[C@H](O)[C@H](O)[C@@H](O)[C@@H](O)C1S(=O)(=O)CCS1(=O)=O. The van der Waals surface area contributed by atoms with E-state index in [1.165, 1.54) is 0 Å². The molecule has 1 fully saturated rings. The second kappa shape index (κ2) is 5.02. The number of aliphatic hydroxyl groups excluding tert-OH is 4. The minimum absolute atomic E-state index is 0.630. The Morgan fingerprint density at radius 3 is 1.61 bits per heavy atom. The van der Waals surface area contributed by atoms with E-state index >= 15 is 0 Å². The van der Waals surface area contributed by atoms with E-state index in [0.29, 0.717) is 0 Å². The second-order valence-electron chi connectivity index (χ2n) is 4.31. The largest absolute Gasteiger partial charge is 0.391 e. The zero-order chi connectivity index (χ0) is 14.3. The molecule has 1 aliphatic rings. The van der Waals surface area contributed by atoms with Crippen molar-refractivity contribution < 1.29 is 37.3 Å². The van der Waals surface area contributed by atoms with Crippen molar-refractivity contribution in [3.05, 3.63) is 0 Å². The summed E-state index contributed by atoms with van der Waals surface area (Å²) >= 11 is 0. The summed E-state index contributed by atoms with van der Waals surface area (Å²) in [6.45, 7) is 1.11. The number of sulfone groups is 2. The molecule has 1 saturated heterocycles. The number of hydrogen-bond acceptors (Lipinski definition) is 8. The van der Waals surface area contributed by atoms with E-state index in [2.05, 4.69) is 0 Å². The van der Waals surface area contributed by atoms with Gasteiger partial charge >= 0.3 is 0 Å². The van der Waals surface area contributed by atoms with Gasteiger partial charge in [-0.1, -0.05) is 0 Å². The van der Waals surface area contributed by atoms with Gasteiger partial charge in [0.15, 0.2) is 24.3 Å². The quantitative estimate of drug-likeness (QED) is 0.420. The van der Waals surface area contributed by atoms with E-state index in [0.717, 1.165) is 6.92 Å². The zero-order valence-electron chi connectivity index (χ0n) is 9.54. The molecule has 1 aliphatic heterocycles. The third-order valence-corrected chi connectivity index (χ3v) is 8.37. The highest BCUT2D eigenvalue weighted by Crippen LogP contribution is 2.26. The highest BCUT2D eigenvalue weighted by Gasteiger charge is 2.52. The molecule has 0 aromatic rings. The van der Waals surface area contributed by atoms with Gasteiger partial charge in [-0.25, -0.2) is 16.8 Å². The first-order valence-corrected chi connectivity index (χ1v) is 8.59. The summed E-state index contributed by atoms with van der Waals surface area (Å²) in [6.07, 6.45) is -7.56. The van der Waals surface area contributed by atoms with Gasteiger partial charge in [-0.3, -0.25) is 0 Å². The maximum atomic E-state index is 11.5. The Bertz CT molecular complexity index is 459. The molecule has 0 saturated carbocycles. The maximum Gasteiger partial charge on any atom is 0.191 e. The number of rotatable bonds is 4. The van der Waals surface area contributed by atoms with Crippen LogP contribution < -0.4 is 0 Å². The Hall–Kier alpha value is -0.260. The highest BCUT2D eigenvalue weighted by atomic mass is 32.3. The zero-order valence-corrected chi connectivity index (χ0v) is 11.2. The van der Waals surface area contributed by atoms with Crippen LogP contribution in [0.25, 0.3) is 0 Å². The van der Waals surface area contributed by atoms with Crippen molar-refractivity contribution in [2.45, 2.75) is 35.9 Å². The van der Waals surface area contributed by atoms with Crippen LogP contribution in [0.4, 0.5) is 0 Å². The molecule has 0 aliphatic carbocycles. The van der Waals surface area contributed by atoms with E-state index < -0.39 is 60.2 Å². The lowest BCUT2D eigenvalue weighted by atomic mass is 10.1. The Balaban J connectivity index is 3.06. The minimum Gasteiger partial charge on any atom is -0.391 e. The van der Waals surface area contributed by atoms with Crippen molar-refractivity contribution in [1.82, 2.24) is 0 Å². The Morgan fingerprint density at radius 1 is 0.889 bits per heavy atom. The van der Waals surface area contributed by atoms with Crippen LogP contribution in [0, 0.1) is 0 Å². The van der Waals surface area contributed by atoms with Gasteiger partial charge in [0.1, 0.15) is 18.3 Å². The molecule has 0 spiro atoms. The van der Waals surface area contributed by atoms with Crippen LogP contribution in [0.1, 0.15) is 6.92 Å². The molecule has 18 heavy (non-hydrogen) atoms. The average Bonchev–Trinajstić information content (AvgIpc) is 2.45. The van der Waals surface area contributed by atoms with Gasteiger partial charge in [-0.2, -0.15) is 0 Å². The molecule has 0 aromatic heterocycles. The average molecular weight is 304 g/mol. The van der Waals surface area contributed by atoms with Crippen LogP contribution in [-0.4, -0.2) is 77.8 Å². The molecule has 1 rings (SSSR count). The summed E-state index contributed by atoms with van der Waals surface area (Å²) < 4.78 is 43.9. The van der Waals surface area contributed by atoms with Gasteiger partial charge < -0.3 is 20.4 Å². The number of aliphatic hydroxyl groups is 4. The summed E-state index contributed by atoms with van der Waals surface area (Å²) in [6, 6.07) is 0. The Labute approximate surface area is 105 Å². The van der Waals surface area contributed by atoms with E-state index in [4.69, 9.17) is 5.11 Å². The molecule has 0 amide bonds. The molecule has 4 N–H and O–H groups in total. The fourth-order valence-corrected chi connectivity index (χ4v) is 7.62. The fourth-order valence-electron chi connectivity index (χ4n) is 1.76. The maximum absolute atomic E-state index is 11.5. The van der Waals surface area contributed by atoms with Crippen LogP contribution in [0.2, 0.25) is 0 Å². The predicted molar refractivity (Wildman–Crippen MR) is 61.1 cm³/mol. The van der Waals surface area contributed by atoms with Crippen LogP contribution in [-0.2, 0) is 19.7 Å². The second-order valence-corrected chi connectivity index (χ2v) is 9.10. The van der Waals surface area contributed by atoms with Crippen molar-refractivity contribution >= 4 is 19.7 Å². The van der Waals surface area contributed by atoms with Gasteiger partial charge in [0.2, 0.25) is 0 Å². The van der Waals surface area contributed by atoms with Crippen molar-refractivity contribution in [2.75, 3.05) is 11.5 Å². The third-order valence-electron chi connectivity index (χ3n) is 2.83. The van der Waals surface area contributed by atoms with E-state index in [-0.39, 0.29) is 0 Å². The summed E-state index contributed by atoms with van der Waals surface area (Å²) in [5, 5.41) is 37.5. The first-order valence-electron chi connectivity index (χ1n) is 5.16. The van der Waals surface area contributed by atoms with Crippen LogP contribution in [0.5, 0.6) is 0 Å². The Morgan fingerprint density at radius 2 is 1.28 bits per heavy atom. The lowest BCUT2D eigenvalue weighted by Crippen LogP contribution is -2.51. The number of hydrogen-bond donors (Lipinski definition) is 4. The van der Waals surface area contributed by atoms with Crippen LogP contribution in [0.3, 0.4) is 0 Å². The van der Waals surface area contributed by atoms with Gasteiger partial charge in [-0.05, 0) is 6.92 Å². The standard InChI is InChI=1S/C8H16O8S2/c1-4(9)5(10)6(11)7(12)8-17(13,14)2-3-18(8,15)16/h4-12H,2-3H2,1H3/t4-,5-,6+,7+/m0/s1. The van der Waals surface area contributed by atoms with E-state index in [1.54, 1.807) is 0 Å². The van der Waals surface area contributed by atoms with Gasteiger partial charge in [0.25, 0.3) is 0 Å². The Kier molecular flexibility index (Phi) is 4.41. The summed E-state index contributed by atoms with van der Waals surface area (Å²) in [5.74, 6) is -1.26. The van der Waals surface area contributed by atoms with Gasteiger partial charge in [-0.15, -0.1) is 0 Å². The fraction of sp³-hybridized carbons (Fsp3) is 1.00.